The molecule has 0 aliphatic carbocycles. The number of hydrogen-bond acceptors (Lipinski definition) is 3. The highest BCUT2D eigenvalue weighted by Crippen LogP contribution is 2.23. The van der Waals surface area contributed by atoms with E-state index in [1.807, 2.05) is 45.9 Å². The van der Waals surface area contributed by atoms with Gasteiger partial charge in [-0.1, -0.05) is 25.1 Å². The second-order valence-electron chi connectivity index (χ2n) is 7.02. The number of amides is 1. The predicted octanol–water partition coefficient (Wildman–Crippen LogP) is 3.80. The molecule has 2 aromatic carbocycles. The molecule has 0 aromatic heterocycles. The van der Waals surface area contributed by atoms with Gasteiger partial charge in [-0.05, 0) is 68.1 Å². The van der Waals surface area contributed by atoms with Crippen LogP contribution in [0.4, 0.5) is 5.69 Å². The number of benzene rings is 2. The lowest BCUT2D eigenvalue weighted by Gasteiger charge is -2.23. The van der Waals surface area contributed by atoms with Gasteiger partial charge >= 0.3 is 0 Å². The Balaban J connectivity index is 2.23. The minimum Gasteiger partial charge on any atom is -0.350 e. The molecule has 0 saturated carbocycles. The van der Waals surface area contributed by atoms with E-state index in [1.54, 1.807) is 24.3 Å². The van der Waals surface area contributed by atoms with Crippen LogP contribution in [0.25, 0.3) is 0 Å². The second kappa shape index (κ2) is 8.57. The third-order valence-corrected chi connectivity index (χ3v) is 5.85. The van der Waals surface area contributed by atoms with E-state index in [4.69, 9.17) is 0 Å². The molecule has 0 spiro atoms. The lowest BCUT2D eigenvalue weighted by Crippen LogP contribution is -2.32. The molecule has 0 radical (unpaired) electrons. The van der Waals surface area contributed by atoms with Crippen LogP contribution < -0.4 is 9.62 Å². The van der Waals surface area contributed by atoms with Gasteiger partial charge in [0.05, 0.1) is 18.5 Å². The van der Waals surface area contributed by atoms with Gasteiger partial charge in [0.15, 0.2) is 0 Å². The maximum atomic E-state index is 12.3. The third kappa shape index (κ3) is 5.57. The first kappa shape index (κ1) is 21.0. The SMILES string of the molecule is CC[C@H](C)NC(=O)c1ccc(CN(c2ccc(C)c(C)c2)S(C)(=O)=O)cc1. The Morgan fingerprint density at radius 1 is 1.07 bits per heavy atom. The number of anilines is 1. The van der Waals surface area contributed by atoms with Crippen LogP contribution in [0.5, 0.6) is 0 Å². The molecule has 0 fully saturated rings. The number of sulfonamides is 1. The Kier molecular flexibility index (Phi) is 6.65. The predicted molar refractivity (Wildman–Crippen MR) is 111 cm³/mol. The summed E-state index contributed by atoms with van der Waals surface area (Å²) in [4.78, 5) is 12.2. The minimum atomic E-state index is -3.44. The molecule has 0 bridgehead atoms. The summed E-state index contributed by atoms with van der Waals surface area (Å²) in [6.07, 6.45) is 2.07. The number of nitrogens with one attached hydrogen (secondary N) is 1. The van der Waals surface area contributed by atoms with Crippen molar-refractivity contribution >= 4 is 21.6 Å². The lowest BCUT2D eigenvalue weighted by molar-refractivity contribution is 0.0939. The van der Waals surface area contributed by atoms with Crippen LogP contribution in [-0.2, 0) is 16.6 Å². The molecule has 6 heteroatoms. The Hall–Kier alpha value is -2.34. The Morgan fingerprint density at radius 2 is 1.70 bits per heavy atom. The summed E-state index contributed by atoms with van der Waals surface area (Å²) in [7, 11) is -3.44. The number of carbonyl (C=O) groups is 1. The molecule has 0 unspecified atom stereocenters. The van der Waals surface area contributed by atoms with E-state index in [1.165, 1.54) is 10.6 Å². The van der Waals surface area contributed by atoms with Crippen molar-refractivity contribution in [3.05, 3.63) is 64.7 Å². The van der Waals surface area contributed by atoms with Crippen molar-refractivity contribution < 1.29 is 13.2 Å². The summed E-state index contributed by atoms with van der Waals surface area (Å²) < 4.78 is 26.0. The quantitative estimate of drug-likeness (QED) is 0.785. The fraction of sp³-hybridized carbons (Fsp3) is 0.381. The van der Waals surface area contributed by atoms with Crippen molar-refractivity contribution in [2.45, 2.75) is 46.7 Å². The largest absolute Gasteiger partial charge is 0.350 e. The van der Waals surface area contributed by atoms with Gasteiger partial charge in [0.2, 0.25) is 10.0 Å². The Labute approximate surface area is 162 Å². The molecule has 0 aliphatic heterocycles. The van der Waals surface area contributed by atoms with Gasteiger partial charge in [0.1, 0.15) is 0 Å². The van der Waals surface area contributed by atoms with Crippen LogP contribution >= 0.6 is 0 Å². The summed E-state index contributed by atoms with van der Waals surface area (Å²) in [6, 6.07) is 12.8. The van der Waals surface area contributed by atoms with E-state index >= 15 is 0 Å². The van der Waals surface area contributed by atoms with Gasteiger partial charge in [-0.2, -0.15) is 0 Å². The molecule has 0 heterocycles. The molecule has 27 heavy (non-hydrogen) atoms. The van der Waals surface area contributed by atoms with Gasteiger partial charge in [0.25, 0.3) is 5.91 Å². The molecule has 0 aliphatic rings. The van der Waals surface area contributed by atoms with Crippen molar-refractivity contribution in [2.24, 2.45) is 0 Å². The first-order valence-electron chi connectivity index (χ1n) is 9.06. The molecular formula is C21H28N2O3S. The molecule has 2 rings (SSSR count). The highest BCUT2D eigenvalue weighted by Gasteiger charge is 2.18. The normalized spacial score (nSPS) is 12.5. The number of aryl methyl sites for hydroxylation is 2. The van der Waals surface area contributed by atoms with Crippen LogP contribution in [-0.4, -0.2) is 26.6 Å². The molecule has 0 saturated heterocycles. The molecule has 1 atom stereocenters. The third-order valence-electron chi connectivity index (χ3n) is 4.71. The van der Waals surface area contributed by atoms with Crippen molar-refractivity contribution in [3.63, 3.8) is 0 Å². The van der Waals surface area contributed by atoms with Crippen molar-refractivity contribution in [2.75, 3.05) is 10.6 Å². The van der Waals surface area contributed by atoms with E-state index in [0.29, 0.717) is 11.3 Å². The van der Waals surface area contributed by atoms with Crippen molar-refractivity contribution in [1.82, 2.24) is 5.32 Å². The highest BCUT2D eigenvalue weighted by molar-refractivity contribution is 7.92. The zero-order valence-electron chi connectivity index (χ0n) is 16.6. The standard InChI is InChI=1S/C21H28N2O3S/c1-6-17(4)22-21(24)19-10-8-18(9-11-19)14-23(27(5,25)26)20-12-7-15(2)16(3)13-20/h7-13,17H,6,14H2,1-5H3,(H,22,24)/t17-/m0/s1. The molecule has 1 N–H and O–H groups in total. The fourth-order valence-corrected chi connectivity index (χ4v) is 3.50. The summed E-state index contributed by atoms with van der Waals surface area (Å²) in [5.41, 5.74) is 4.18. The van der Waals surface area contributed by atoms with Crippen molar-refractivity contribution in [3.8, 4) is 0 Å². The van der Waals surface area contributed by atoms with E-state index < -0.39 is 10.0 Å². The molecule has 1 amide bonds. The monoisotopic (exact) mass is 388 g/mol. The van der Waals surface area contributed by atoms with E-state index in [9.17, 15) is 13.2 Å². The average Bonchev–Trinajstić information content (AvgIpc) is 2.61. The van der Waals surface area contributed by atoms with Crippen molar-refractivity contribution in [1.29, 1.82) is 0 Å². The smallest absolute Gasteiger partial charge is 0.251 e. The number of hydrogen-bond donors (Lipinski definition) is 1. The first-order chi connectivity index (χ1) is 12.6. The molecular weight excluding hydrogens is 360 g/mol. The minimum absolute atomic E-state index is 0.114. The first-order valence-corrected chi connectivity index (χ1v) is 10.9. The summed E-state index contributed by atoms with van der Waals surface area (Å²) in [5, 5.41) is 2.92. The maximum Gasteiger partial charge on any atom is 0.251 e. The van der Waals surface area contributed by atoms with Gasteiger partial charge in [-0.25, -0.2) is 8.42 Å². The summed E-state index contributed by atoms with van der Waals surface area (Å²) >= 11 is 0. The molecule has 2 aromatic rings. The summed E-state index contributed by atoms with van der Waals surface area (Å²) in [6.45, 7) is 8.14. The fourth-order valence-electron chi connectivity index (χ4n) is 2.62. The van der Waals surface area contributed by atoms with Gasteiger partial charge in [-0.15, -0.1) is 0 Å². The van der Waals surface area contributed by atoms with Crippen LogP contribution in [0.15, 0.2) is 42.5 Å². The van der Waals surface area contributed by atoms with Gasteiger partial charge < -0.3 is 5.32 Å². The number of carbonyl (C=O) groups excluding carboxylic acids is 1. The van der Waals surface area contributed by atoms with E-state index in [0.717, 1.165) is 23.1 Å². The molecule has 5 nitrogen and oxygen atoms in total. The van der Waals surface area contributed by atoms with Gasteiger partial charge in [0, 0.05) is 11.6 Å². The lowest BCUT2D eigenvalue weighted by atomic mass is 10.1. The zero-order valence-corrected chi connectivity index (χ0v) is 17.4. The number of nitrogens with zero attached hydrogens (tertiary/aromatic N) is 1. The highest BCUT2D eigenvalue weighted by atomic mass is 32.2. The zero-order chi connectivity index (χ0) is 20.2. The van der Waals surface area contributed by atoms with Crippen LogP contribution in [0.1, 0.15) is 47.3 Å². The molecule has 146 valence electrons. The summed E-state index contributed by atoms with van der Waals surface area (Å²) in [5.74, 6) is -0.120. The maximum absolute atomic E-state index is 12.3. The van der Waals surface area contributed by atoms with Crippen LogP contribution in [0.3, 0.4) is 0 Å². The Bertz CT molecular complexity index is 906. The van der Waals surface area contributed by atoms with Gasteiger partial charge in [-0.3, -0.25) is 9.10 Å². The number of rotatable bonds is 7. The van der Waals surface area contributed by atoms with Crippen LogP contribution in [0.2, 0.25) is 0 Å². The van der Waals surface area contributed by atoms with E-state index in [2.05, 4.69) is 5.32 Å². The Morgan fingerprint density at radius 3 is 2.22 bits per heavy atom. The van der Waals surface area contributed by atoms with Crippen LogP contribution in [0, 0.1) is 13.8 Å². The average molecular weight is 389 g/mol. The van der Waals surface area contributed by atoms with E-state index in [-0.39, 0.29) is 18.5 Å². The second-order valence-corrected chi connectivity index (χ2v) is 8.92. The topological polar surface area (TPSA) is 66.5 Å².